The highest BCUT2D eigenvalue weighted by Crippen LogP contribution is 2.32. The minimum Gasteiger partial charge on any atom is -0.460 e. The number of Topliss-reactive ketones (excluding diaryl/α,β-unsaturated/α-hetero) is 1. The average Bonchev–Trinajstić information content (AvgIpc) is 3.18. The van der Waals surface area contributed by atoms with Gasteiger partial charge in [-0.05, 0) is 69.9 Å². The van der Waals surface area contributed by atoms with E-state index in [0.29, 0.717) is 18.8 Å². The first-order valence-electron chi connectivity index (χ1n) is 11.6. The predicted molar refractivity (Wildman–Crippen MR) is 126 cm³/mol. The monoisotopic (exact) mass is 448 g/mol. The molecule has 1 saturated carbocycles. The molecule has 3 heterocycles. The second-order valence-electron chi connectivity index (χ2n) is 10.1. The number of nitrogens with zero attached hydrogens (tertiary/aromatic N) is 4. The van der Waals surface area contributed by atoms with Crippen molar-refractivity contribution in [1.29, 1.82) is 0 Å². The molecule has 0 aliphatic heterocycles. The Morgan fingerprint density at radius 1 is 1.03 bits per heavy atom. The van der Waals surface area contributed by atoms with E-state index in [1.54, 1.807) is 17.1 Å². The highest BCUT2D eigenvalue weighted by Gasteiger charge is 2.29. The van der Waals surface area contributed by atoms with E-state index in [0.717, 1.165) is 53.4 Å². The van der Waals surface area contributed by atoms with Crippen LogP contribution in [0.1, 0.15) is 58.6 Å². The number of carbonyl (C=O) groups is 2. The molecule has 1 aliphatic carbocycles. The first-order chi connectivity index (χ1) is 15.7. The van der Waals surface area contributed by atoms with Crippen LogP contribution in [0.2, 0.25) is 0 Å². The van der Waals surface area contributed by atoms with Crippen LogP contribution in [0.4, 0.5) is 0 Å². The Hall–Kier alpha value is -3.09. The number of carbonyl (C=O) groups excluding carboxylic acids is 2. The minimum atomic E-state index is -0.452. The molecule has 0 aromatic carbocycles. The number of aryl methyl sites for hydroxylation is 1. The molecule has 0 N–H and O–H groups in total. The van der Waals surface area contributed by atoms with Crippen LogP contribution in [0.25, 0.3) is 22.0 Å². The summed E-state index contributed by atoms with van der Waals surface area (Å²) >= 11 is 0. The highest BCUT2D eigenvalue weighted by atomic mass is 16.6. The van der Waals surface area contributed by atoms with Gasteiger partial charge >= 0.3 is 5.97 Å². The molecular formula is C26H32N4O3. The normalized spacial score (nSPS) is 18.9. The van der Waals surface area contributed by atoms with Gasteiger partial charge in [-0.25, -0.2) is 0 Å². The molecule has 0 spiro atoms. The van der Waals surface area contributed by atoms with Crippen LogP contribution in [0.5, 0.6) is 0 Å². The summed E-state index contributed by atoms with van der Waals surface area (Å²) in [5.74, 6) is 0.443. The predicted octanol–water partition coefficient (Wildman–Crippen LogP) is 4.68. The number of esters is 1. The molecule has 0 amide bonds. The van der Waals surface area contributed by atoms with Gasteiger partial charge in [0, 0.05) is 61.0 Å². The van der Waals surface area contributed by atoms with Gasteiger partial charge in [-0.1, -0.05) is 0 Å². The van der Waals surface area contributed by atoms with Gasteiger partial charge in [-0.3, -0.25) is 24.2 Å². The molecule has 7 heteroatoms. The minimum absolute atomic E-state index is 0.0424. The molecule has 3 aromatic heterocycles. The van der Waals surface area contributed by atoms with Crippen molar-refractivity contribution < 1.29 is 14.3 Å². The standard InChI is InChI=1S/C26H32N4O3/c1-26(2,3)33-25(32)9-17-5-7-18(8-6-17)24(31)12-22-10-19-11-23(21-15-29-30(4)16-21)28-14-20(19)13-27-22/h10-11,13-18H,5-9,12H2,1-4H3. The quantitative estimate of drug-likeness (QED) is 0.509. The highest BCUT2D eigenvalue weighted by molar-refractivity contribution is 5.87. The SMILES string of the molecule is Cn1cc(-c2cc3cc(CC(=O)C4CCC(CC(=O)OC(C)(C)C)CC4)ncc3cn2)cn1. The maximum atomic E-state index is 13.0. The molecule has 0 radical (unpaired) electrons. The van der Waals surface area contributed by atoms with Crippen molar-refractivity contribution >= 4 is 22.5 Å². The molecule has 33 heavy (non-hydrogen) atoms. The number of ether oxygens (including phenoxy) is 1. The van der Waals surface area contributed by atoms with E-state index in [-0.39, 0.29) is 17.7 Å². The summed E-state index contributed by atoms with van der Waals surface area (Å²) in [5, 5.41) is 6.17. The van der Waals surface area contributed by atoms with Gasteiger partial charge in [0.15, 0.2) is 0 Å². The first-order valence-corrected chi connectivity index (χ1v) is 11.6. The summed E-state index contributed by atoms with van der Waals surface area (Å²) in [6.07, 6.45) is 11.5. The van der Waals surface area contributed by atoms with Crippen LogP contribution in [0.3, 0.4) is 0 Å². The van der Waals surface area contributed by atoms with E-state index < -0.39 is 5.60 Å². The smallest absolute Gasteiger partial charge is 0.306 e. The third-order valence-electron chi connectivity index (χ3n) is 6.19. The van der Waals surface area contributed by atoms with Gasteiger partial charge in [-0.15, -0.1) is 0 Å². The van der Waals surface area contributed by atoms with Crippen LogP contribution in [-0.4, -0.2) is 37.1 Å². The van der Waals surface area contributed by atoms with Crippen molar-refractivity contribution in [3.05, 3.63) is 42.6 Å². The van der Waals surface area contributed by atoms with Gasteiger partial charge in [0.2, 0.25) is 0 Å². The molecule has 1 aliphatic rings. The summed E-state index contributed by atoms with van der Waals surface area (Å²) in [6.45, 7) is 5.66. The molecule has 4 rings (SSSR count). The van der Waals surface area contributed by atoms with Gasteiger partial charge in [0.1, 0.15) is 11.4 Å². The summed E-state index contributed by atoms with van der Waals surface area (Å²) in [6, 6.07) is 4.01. The molecule has 0 bridgehead atoms. The zero-order chi connectivity index (χ0) is 23.6. The largest absolute Gasteiger partial charge is 0.460 e. The fraction of sp³-hybridized carbons (Fsp3) is 0.500. The van der Waals surface area contributed by atoms with E-state index in [9.17, 15) is 9.59 Å². The summed E-state index contributed by atoms with van der Waals surface area (Å²) < 4.78 is 7.19. The second-order valence-corrected chi connectivity index (χ2v) is 10.1. The maximum absolute atomic E-state index is 13.0. The fourth-order valence-corrected chi connectivity index (χ4v) is 4.52. The Bertz CT molecular complexity index is 1150. The van der Waals surface area contributed by atoms with Crippen molar-refractivity contribution in [3.63, 3.8) is 0 Å². The van der Waals surface area contributed by atoms with Crippen LogP contribution in [0, 0.1) is 11.8 Å². The van der Waals surface area contributed by atoms with Gasteiger partial charge in [0.25, 0.3) is 0 Å². The number of ketones is 1. The molecule has 0 saturated heterocycles. The van der Waals surface area contributed by atoms with Crippen LogP contribution in [0.15, 0.2) is 36.9 Å². The molecular weight excluding hydrogens is 416 g/mol. The molecule has 174 valence electrons. The number of aromatic nitrogens is 4. The zero-order valence-electron chi connectivity index (χ0n) is 19.9. The third kappa shape index (κ3) is 6.03. The Morgan fingerprint density at radius 3 is 2.42 bits per heavy atom. The molecule has 0 unspecified atom stereocenters. The zero-order valence-corrected chi connectivity index (χ0v) is 19.9. The molecule has 1 fully saturated rings. The number of hydrogen-bond acceptors (Lipinski definition) is 6. The number of fused-ring (bicyclic) bond motifs is 1. The van der Waals surface area contributed by atoms with Crippen molar-refractivity contribution in [2.45, 2.75) is 64.9 Å². The van der Waals surface area contributed by atoms with Gasteiger partial charge < -0.3 is 4.74 Å². The molecule has 3 aromatic rings. The lowest BCUT2D eigenvalue weighted by atomic mass is 9.78. The lowest BCUT2D eigenvalue weighted by Crippen LogP contribution is -2.28. The van der Waals surface area contributed by atoms with Crippen LogP contribution < -0.4 is 0 Å². The number of rotatable bonds is 6. The lowest BCUT2D eigenvalue weighted by molar-refractivity contribution is -0.156. The Kier molecular flexibility index (Phi) is 6.58. The van der Waals surface area contributed by atoms with Gasteiger partial charge in [0.05, 0.1) is 11.9 Å². The summed E-state index contributed by atoms with van der Waals surface area (Å²) in [4.78, 5) is 34.1. The van der Waals surface area contributed by atoms with E-state index in [1.807, 2.05) is 52.3 Å². The van der Waals surface area contributed by atoms with Crippen LogP contribution >= 0.6 is 0 Å². The van der Waals surface area contributed by atoms with E-state index in [1.165, 1.54) is 0 Å². The van der Waals surface area contributed by atoms with Crippen LogP contribution in [-0.2, 0) is 27.8 Å². The van der Waals surface area contributed by atoms with E-state index in [4.69, 9.17) is 4.74 Å². The average molecular weight is 449 g/mol. The first kappa shape index (κ1) is 23.1. The summed E-state index contributed by atoms with van der Waals surface area (Å²) in [7, 11) is 1.88. The van der Waals surface area contributed by atoms with E-state index >= 15 is 0 Å². The Morgan fingerprint density at radius 2 is 1.76 bits per heavy atom. The van der Waals surface area contributed by atoms with E-state index in [2.05, 4.69) is 15.1 Å². The molecule has 0 atom stereocenters. The van der Waals surface area contributed by atoms with Crippen molar-refractivity contribution in [1.82, 2.24) is 19.7 Å². The summed E-state index contributed by atoms with van der Waals surface area (Å²) in [5.41, 5.74) is 2.14. The fourth-order valence-electron chi connectivity index (χ4n) is 4.52. The third-order valence-corrected chi connectivity index (χ3v) is 6.19. The van der Waals surface area contributed by atoms with Crippen molar-refractivity contribution in [2.75, 3.05) is 0 Å². The number of hydrogen-bond donors (Lipinski definition) is 0. The number of pyridine rings is 2. The Labute approximate surface area is 194 Å². The van der Waals surface area contributed by atoms with Crippen molar-refractivity contribution in [3.8, 4) is 11.3 Å². The lowest BCUT2D eigenvalue weighted by Gasteiger charge is -2.28. The second kappa shape index (κ2) is 9.41. The van der Waals surface area contributed by atoms with Gasteiger partial charge in [-0.2, -0.15) is 5.10 Å². The molecule has 7 nitrogen and oxygen atoms in total. The Balaban J connectivity index is 1.35. The van der Waals surface area contributed by atoms with Crippen molar-refractivity contribution in [2.24, 2.45) is 18.9 Å². The maximum Gasteiger partial charge on any atom is 0.306 e. The topological polar surface area (TPSA) is 87.0 Å².